The molecular weight excluding hydrogens is 350 g/mol. The van der Waals surface area contributed by atoms with Gasteiger partial charge >= 0.3 is 0 Å². The SMILES string of the molecule is O=C(CCCOc1ccccc1)NCc1nc(CN2CCOCC2)cs1. The van der Waals surface area contributed by atoms with E-state index in [4.69, 9.17) is 9.47 Å². The largest absolute Gasteiger partial charge is 0.494 e. The second-order valence-electron chi connectivity index (χ2n) is 6.16. The molecule has 0 saturated carbocycles. The van der Waals surface area contributed by atoms with Crippen molar-refractivity contribution in [1.82, 2.24) is 15.2 Å². The predicted octanol–water partition coefficient (Wildman–Crippen LogP) is 2.45. The van der Waals surface area contributed by atoms with Crippen LogP contribution in [-0.4, -0.2) is 48.7 Å². The van der Waals surface area contributed by atoms with Crippen LogP contribution < -0.4 is 10.1 Å². The molecule has 6 nitrogen and oxygen atoms in total. The third kappa shape index (κ3) is 6.40. The molecule has 140 valence electrons. The van der Waals surface area contributed by atoms with Gasteiger partial charge in [0.2, 0.25) is 5.91 Å². The topological polar surface area (TPSA) is 63.7 Å². The maximum atomic E-state index is 11.9. The van der Waals surface area contributed by atoms with Crippen LogP contribution in [-0.2, 0) is 22.6 Å². The maximum absolute atomic E-state index is 11.9. The number of thiazole rings is 1. The highest BCUT2D eigenvalue weighted by Gasteiger charge is 2.12. The van der Waals surface area contributed by atoms with E-state index in [0.29, 0.717) is 26.0 Å². The van der Waals surface area contributed by atoms with Gasteiger partial charge in [0.05, 0.1) is 32.1 Å². The molecule has 0 bridgehead atoms. The number of nitrogens with one attached hydrogen (secondary N) is 1. The molecule has 7 heteroatoms. The first-order chi connectivity index (χ1) is 12.8. The first-order valence-corrected chi connectivity index (χ1v) is 9.85. The molecule has 1 fully saturated rings. The van der Waals surface area contributed by atoms with Crippen molar-refractivity contribution in [1.29, 1.82) is 0 Å². The molecule has 3 rings (SSSR count). The van der Waals surface area contributed by atoms with Gasteiger partial charge in [-0.15, -0.1) is 11.3 Å². The van der Waals surface area contributed by atoms with Crippen molar-refractivity contribution in [3.8, 4) is 5.75 Å². The number of amides is 1. The molecule has 1 amide bonds. The molecule has 2 heterocycles. The average molecular weight is 375 g/mol. The summed E-state index contributed by atoms with van der Waals surface area (Å²) in [6.07, 6.45) is 1.15. The number of aromatic nitrogens is 1. The summed E-state index contributed by atoms with van der Waals surface area (Å²) in [4.78, 5) is 18.9. The van der Waals surface area contributed by atoms with Gasteiger partial charge in [-0.3, -0.25) is 9.69 Å². The Morgan fingerprint density at radius 1 is 1.27 bits per heavy atom. The monoisotopic (exact) mass is 375 g/mol. The van der Waals surface area contributed by atoms with Gasteiger partial charge in [-0.1, -0.05) is 18.2 Å². The third-order valence-corrected chi connectivity index (χ3v) is 4.98. The van der Waals surface area contributed by atoms with Gasteiger partial charge in [-0.2, -0.15) is 0 Å². The molecule has 0 atom stereocenters. The van der Waals surface area contributed by atoms with Crippen molar-refractivity contribution in [3.05, 3.63) is 46.4 Å². The van der Waals surface area contributed by atoms with Crippen molar-refractivity contribution in [2.45, 2.75) is 25.9 Å². The zero-order chi connectivity index (χ0) is 18.0. The number of ether oxygens (including phenoxy) is 2. The smallest absolute Gasteiger partial charge is 0.220 e. The second kappa shape index (κ2) is 10.3. The summed E-state index contributed by atoms with van der Waals surface area (Å²) < 4.78 is 10.9. The first kappa shape index (κ1) is 18.8. The maximum Gasteiger partial charge on any atom is 0.220 e. The summed E-state index contributed by atoms with van der Waals surface area (Å²) in [6, 6.07) is 9.64. The van der Waals surface area contributed by atoms with E-state index < -0.39 is 0 Å². The molecule has 26 heavy (non-hydrogen) atoms. The van der Waals surface area contributed by atoms with Crippen LogP contribution in [0.3, 0.4) is 0 Å². The molecule has 1 aliphatic heterocycles. The fourth-order valence-corrected chi connectivity index (χ4v) is 3.42. The lowest BCUT2D eigenvalue weighted by molar-refractivity contribution is -0.121. The van der Waals surface area contributed by atoms with E-state index >= 15 is 0 Å². The Morgan fingerprint density at radius 3 is 2.88 bits per heavy atom. The Balaban J connectivity index is 1.30. The summed E-state index contributed by atoms with van der Waals surface area (Å²) in [5, 5.41) is 5.95. The predicted molar refractivity (Wildman–Crippen MR) is 101 cm³/mol. The zero-order valence-corrected chi connectivity index (χ0v) is 15.7. The van der Waals surface area contributed by atoms with Crippen LogP contribution in [0.2, 0.25) is 0 Å². The van der Waals surface area contributed by atoms with Gasteiger partial charge in [0.15, 0.2) is 0 Å². The molecule has 2 aromatic rings. The fourth-order valence-electron chi connectivity index (χ4n) is 2.69. The van der Waals surface area contributed by atoms with Crippen LogP contribution >= 0.6 is 11.3 Å². The molecule has 1 aliphatic rings. The van der Waals surface area contributed by atoms with Gasteiger partial charge in [0, 0.05) is 31.4 Å². The normalized spacial score (nSPS) is 14.9. The Hall–Kier alpha value is -1.96. The standard InChI is InChI=1S/C19H25N3O3S/c23-18(7-4-10-25-17-5-2-1-3-6-17)20-13-19-21-16(15-26-19)14-22-8-11-24-12-9-22/h1-3,5-6,15H,4,7-14H2,(H,20,23). The molecule has 1 saturated heterocycles. The lowest BCUT2D eigenvalue weighted by Gasteiger charge is -2.25. The Morgan fingerprint density at radius 2 is 2.08 bits per heavy atom. The average Bonchev–Trinajstić information content (AvgIpc) is 3.12. The van der Waals surface area contributed by atoms with Crippen molar-refractivity contribution in [2.75, 3.05) is 32.9 Å². The molecule has 0 unspecified atom stereocenters. The lowest BCUT2D eigenvalue weighted by atomic mass is 10.3. The van der Waals surface area contributed by atoms with Crippen LogP contribution in [0.4, 0.5) is 0 Å². The van der Waals surface area contributed by atoms with Crippen LogP contribution in [0, 0.1) is 0 Å². The van der Waals surface area contributed by atoms with Gasteiger partial charge in [0.25, 0.3) is 0 Å². The Bertz CT molecular complexity index is 672. The van der Waals surface area contributed by atoms with E-state index in [0.717, 1.165) is 49.3 Å². The minimum absolute atomic E-state index is 0.0339. The Labute approximate surface area is 158 Å². The molecule has 1 aromatic carbocycles. The zero-order valence-electron chi connectivity index (χ0n) is 14.9. The summed E-state index contributed by atoms with van der Waals surface area (Å²) in [5.41, 5.74) is 1.07. The van der Waals surface area contributed by atoms with E-state index in [1.807, 2.05) is 30.3 Å². The van der Waals surface area contributed by atoms with Crippen LogP contribution in [0.1, 0.15) is 23.5 Å². The number of benzene rings is 1. The number of hydrogen-bond donors (Lipinski definition) is 1. The second-order valence-corrected chi connectivity index (χ2v) is 7.11. The number of morpholine rings is 1. The third-order valence-electron chi connectivity index (χ3n) is 4.09. The van der Waals surface area contributed by atoms with Crippen LogP contribution in [0.5, 0.6) is 5.75 Å². The molecule has 1 aromatic heterocycles. The summed E-state index contributed by atoms with van der Waals surface area (Å²) in [6.45, 7) is 5.38. The van der Waals surface area contributed by atoms with Crippen molar-refractivity contribution >= 4 is 17.2 Å². The first-order valence-electron chi connectivity index (χ1n) is 8.97. The van der Waals surface area contributed by atoms with Crippen LogP contribution in [0.15, 0.2) is 35.7 Å². The highest BCUT2D eigenvalue weighted by Crippen LogP contribution is 2.13. The summed E-state index contributed by atoms with van der Waals surface area (Å²) in [5.74, 6) is 0.870. The van der Waals surface area contributed by atoms with E-state index in [1.165, 1.54) is 0 Å². The van der Waals surface area contributed by atoms with Gasteiger partial charge in [0.1, 0.15) is 10.8 Å². The quantitative estimate of drug-likeness (QED) is 0.682. The molecule has 0 spiro atoms. The van der Waals surface area contributed by atoms with Crippen LogP contribution in [0.25, 0.3) is 0 Å². The molecule has 1 N–H and O–H groups in total. The highest BCUT2D eigenvalue weighted by molar-refractivity contribution is 7.09. The molecule has 0 aliphatic carbocycles. The minimum Gasteiger partial charge on any atom is -0.494 e. The van der Waals surface area contributed by atoms with E-state index in [2.05, 4.69) is 20.6 Å². The van der Waals surface area contributed by atoms with Crippen molar-refractivity contribution in [3.63, 3.8) is 0 Å². The summed E-state index contributed by atoms with van der Waals surface area (Å²) in [7, 11) is 0. The number of para-hydroxylation sites is 1. The van der Waals surface area contributed by atoms with E-state index in [1.54, 1.807) is 11.3 Å². The van der Waals surface area contributed by atoms with Gasteiger partial charge in [-0.05, 0) is 18.6 Å². The number of nitrogens with zero attached hydrogens (tertiary/aromatic N) is 2. The fraction of sp³-hybridized carbons (Fsp3) is 0.474. The lowest BCUT2D eigenvalue weighted by Crippen LogP contribution is -2.35. The van der Waals surface area contributed by atoms with Gasteiger partial charge in [-0.25, -0.2) is 4.98 Å². The molecule has 0 radical (unpaired) electrons. The van der Waals surface area contributed by atoms with E-state index in [9.17, 15) is 4.79 Å². The van der Waals surface area contributed by atoms with Gasteiger partial charge < -0.3 is 14.8 Å². The number of hydrogen-bond acceptors (Lipinski definition) is 6. The van der Waals surface area contributed by atoms with Crippen molar-refractivity contribution < 1.29 is 14.3 Å². The number of carbonyl (C=O) groups is 1. The van der Waals surface area contributed by atoms with Crippen molar-refractivity contribution in [2.24, 2.45) is 0 Å². The molecular formula is C19H25N3O3S. The summed E-state index contributed by atoms with van der Waals surface area (Å²) >= 11 is 1.60. The van der Waals surface area contributed by atoms with E-state index in [-0.39, 0.29) is 5.91 Å². The number of rotatable bonds is 9. The minimum atomic E-state index is 0.0339. The number of carbonyl (C=O) groups excluding carboxylic acids is 1. The Kier molecular flexibility index (Phi) is 7.42. The highest BCUT2D eigenvalue weighted by atomic mass is 32.1.